The molecule has 0 saturated carbocycles. The highest BCUT2D eigenvalue weighted by atomic mass is 16.3. The van der Waals surface area contributed by atoms with Crippen LogP contribution in [0.4, 0.5) is 0 Å². The minimum Gasteiger partial charge on any atom is -0.466 e. The van der Waals surface area contributed by atoms with Gasteiger partial charge in [0.15, 0.2) is 0 Å². The van der Waals surface area contributed by atoms with Gasteiger partial charge in [0, 0.05) is 12.1 Å². The van der Waals surface area contributed by atoms with Crippen molar-refractivity contribution in [2.75, 3.05) is 6.54 Å². The number of aryl methyl sites for hydroxylation is 2. The summed E-state index contributed by atoms with van der Waals surface area (Å²) in [6, 6.07) is 2.12. The summed E-state index contributed by atoms with van der Waals surface area (Å²) >= 11 is 0. The van der Waals surface area contributed by atoms with Crippen molar-refractivity contribution in [2.24, 2.45) is 5.92 Å². The van der Waals surface area contributed by atoms with E-state index >= 15 is 0 Å². The minimum atomic E-state index is 0.810. The van der Waals surface area contributed by atoms with Crippen molar-refractivity contribution in [3.63, 3.8) is 0 Å². The lowest BCUT2D eigenvalue weighted by molar-refractivity contribution is 0.495. The third kappa shape index (κ3) is 4.52. The van der Waals surface area contributed by atoms with Crippen LogP contribution in [-0.2, 0) is 6.54 Å². The Bertz CT molecular complexity index is 289. The Hall–Kier alpha value is -0.760. The van der Waals surface area contributed by atoms with E-state index in [-0.39, 0.29) is 0 Å². The summed E-state index contributed by atoms with van der Waals surface area (Å²) in [4.78, 5) is 0. The van der Waals surface area contributed by atoms with E-state index in [1.54, 1.807) is 0 Å². The quantitative estimate of drug-likeness (QED) is 0.726. The molecule has 2 heteroatoms. The average Bonchev–Trinajstić information content (AvgIpc) is 2.44. The first-order valence-corrected chi connectivity index (χ1v) is 5.86. The van der Waals surface area contributed by atoms with Crippen molar-refractivity contribution in [3.05, 3.63) is 23.2 Å². The molecule has 0 aliphatic rings. The molecule has 0 aromatic carbocycles. The second-order valence-electron chi connectivity index (χ2n) is 4.65. The number of furan rings is 1. The molecule has 0 aliphatic heterocycles. The molecule has 1 rings (SSSR count). The fourth-order valence-electron chi connectivity index (χ4n) is 1.72. The van der Waals surface area contributed by atoms with Gasteiger partial charge in [-0.25, -0.2) is 0 Å². The van der Waals surface area contributed by atoms with Gasteiger partial charge in [-0.1, -0.05) is 13.8 Å². The summed E-state index contributed by atoms with van der Waals surface area (Å²) in [6.07, 6.45) is 2.56. The average molecular weight is 209 g/mol. The van der Waals surface area contributed by atoms with Crippen molar-refractivity contribution in [1.82, 2.24) is 5.32 Å². The van der Waals surface area contributed by atoms with Crippen LogP contribution in [-0.4, -0.2) is 6.54 Å². The number of hydrogen-bond acceptors (Lipinski definition) is 2. The van der Waals surface area contributed by atoms with Gasteiger partial charge in [0.05, 0.1) is 0 Å². The van der Waals surface area contributed by atoms with Gasteiger partial charge in [-0.05, 0) is 45.2 Å². The lowest BCUT2D eigenvalue weighted by Crippen LogP contribution is -2.15. The van der Waals surface area contributed by atoms with Gasteiger partial charge in [0.2, 0.25) is 0 Å². The summed E-state index contributed by atoms with van der Waals surface area (Å²) in [5, 5.41) is 3.45. The van der Waals surface area contributed by atoms with Gasteiger partial charge in [-0.3, -0.25) is 0 Å². The topological polar surface area (TPSA) is 25.2 Å². The van der Waals surface area contributed by atoms with Gasteiger partial charge in [0.1, 0.15) is 11.5 Å². The second kappa shape index (κ2) is 5.96. The minimum absolute atomic E-state index is 0.810. The van der Waals surface area contributed by atoms with Gasteiger partial charge in [0.25, 0.3) is 0 Å². The molecule has 1 aromatic heterocycles. The predicted molar refractivity (Wildman–Crippen MR) is 64.0 cm³/mol. The maximum absolute atomic E-state index is 5.47. The Morgan fingerprint density at radius 1 is 1.33 bits per heavy atom. The molecule has 0 amide bonds. The lowest BCUT2D eigenvalue weighted by Gasteiger charge is -2.05. The summed E-state index contributed by atoms with van der Waals surface area (Å²) < 4.78 is 5.47. The molecule has 1 N–H and O–H groups in total. The van der Waals surface area contributed by atoms with Crippen molar-refractivity contribution in [1.29, 1.82) is 0 Å². The molecule has 0 unspecified atom stereocenters. The van der Waals surface area contributed by atoms with E-state index in [0.717, 1.165) is 30.5 Å². The van der Waals surface area contributed by atoms with Gasteiger partial charge in [-0.15, -0.1) is 0 Å². The van der Waals surface area contributed by atoms with Gasteiger partial charge >= 0.3 is 0 Å². The first kappa shape index (κ1) is 12.3. The standard InChI is InChI=1S/C13H23NO/c1-10(2)6-5-7-14-9-13-8-11(3)15-12(13)4/h8,10,14H,5-7,9H2,1-4H3. The molecule has 2 nitrogen and oxygen atoms in total. The van der Waals surface area contributed by atoms with Crippen molar-refractivity contribution in [3.8, 4) is 0 Å². The lowest BCUT2D eigenvalue weighted by atomic mass is 10.1. The number of hydrogen-bond donors (Lipinski definition) is 1. The second-order valence-corrected chi connectivity index (χ2v) is 4.65. The molecule has 0 saturated heterocycles. The highest BCUT2D eigenvalue weighted by molar-refractivity contribution is 5.19. The normalized spacial score (nSPS) is 11.3. The van der Waals surface area contributed by atoms with Crippen molar-refractivity contribution < 1.29 is 4.42 Å². The summed E-state index contributed by atoms with van der Waals surface area (Å²) in [5.74, 6) is 2.86. The smallest absolute Gasteiger partial charge is 0.105 e. The molecule has 0 fully saturated rings. The molecular formula is C13H23NO. The van der Waals surface area contributed by atoms with E-state index in [1.807, 2.05) is 13.8 Å². The molecule has 15 heavy (non-hydrogen) atoms. The first-order chi connectivity index (χ1) is 7.09. The highest BCUT2D eigenvalue weighted by Gasteiger charge is 2.03. The highest BCUT2D eigenvalue weighted by Crippen LogP contribution is 2.13. The molecule has 0 aliphatic carbocycles. The molecule has 86 valence electrons. The Morgan fingerprint density at radius 3 is 2.60 bits per heavy atom. The number of rotatable bonds is 6. The van der Waals surface area contributed by atoms with E-state index in [4.69, 9.17) is 4.42 Å². The maximum atomic E-state index is 5.47. The Labute approximate surface area is 93.1 Å². The van der Waals surface area contributed by atoms with Crippen LogP contribution in [0.2, 0.25) is 0 Å². The Kier molecular flexibility index (Phi) is 4.89. The van der Waals surface area contributed by atoms with E-state index in [9.17, 15) is 0 Å². The molecule has 1 aromatic rings. The zero-order chi connectivity index (χ0) is 11.3. The molecule has 0 atom stereocenters. The SMILES string of the molecule is Cc1cc(CNCCCC(C)C)c(C)o1. The van der Waals surface area contributed by atoms with Crippen molar-refractivity contribution >= 4 is 0 Å². The largest absolute Gasteiger partial charge is 0.466 e. The zero-order valence-electron chi connectivity index (χ0n) is 10.4. The fraction of sp³-hybridized carbons (Fsp3) is 0.692. The summed E-state index contributed by atoms with van der Waals surface area (Å²) in [7, 11) is 0. The van der Waals surface area contributed by atoms with Crippen LogP contribution in [0, 0.1) is 19.8 Å². The summed E-state index contributed by atoms with van der Waals surface area (Å²) in [6.45, 7) is 10.6. The monoisotopic (exact) mass is 209 g/mol. The number of nitrogens with one attached hydrogen (secondary N) is 1. The van der Waals surface area contributed by atoms with Crippen LogP contribution in [0.5, 0.6) is 0 Å². The van der Waals surface area contributed by atoms with E-state index in [2.05, 4.69) is 25.2 Å². The third-order valence-corrected chi connectivity index (χ3v) is 2.59. The van der Waals surface area contributed by atoms with E-state index < -0.39 is 0 Å². The molecule has 0 bridgehead atoms. The Balaban J connectivity index is 2.17. The van der Waals surface area contributed by atoms with Crippen LogP contribution in [0.1, 0.15) is 43.8 Å². The first-order valence-electron chi connectivity index (χ1n) is 5.86. The van der Waals surface area contributed by atoms with Crippen LogP contribution in [0.3, 0.4) is 0 Å². The molecular weight excluding hydrogens is 186 g/mol. The van der Waals surface area contributed by atoms with Crippen molar-refractivity contribution in [2.45, 2.75) is 47.1 Å². The zero-order valence-corrected chi connectivity index (χ0v) is 10.4. The molecule has 0 radical (unpaired) electrons. The van der Waals surface area contributed by atoms with Gasteiger partial charge in [-0.2, -0.15) is 0 Å². The fourth-order valence-corrected chi connectivity index (χ4v) is 1.72. The molecule has 1 heterocycles. The van der Waals surface area contributed by atoms with E-state index in [1.165, 1.54) is 18.4 Å². The van der Waals surface area contributed by atoms with E-state index in [0.29, 0.717) is 0 Å². The van der Waals surface area contributed by atoms with Gasteiger partial charge < -0.3 is 9.73 Å². The van der Waals surface area contributed by atoms with Crippen LogP contribution in [0.25, 0.3) is 0 Å². The van der Waals surface area contributed by atoms with Crippen LogP contribution in [0.15, 0.2) is 10.5 Å². The molecule has 0 spiro atoms. The predicted octanol–water partition coefficient (Wildman–Crippen LogP) is 3.42. The summed E-state index contributed by atoms with van der Waals surface area (Å²) in [5.41, 5.74) is 1.29. The van der Waals surface area contributed by atoms with Crippen LogP contribution < -0.4 is 5.32 Å². The van der Waals surface area contributed by atoms with Crippen LogP contribution >= 0.6 is 0 Å². The Morgan fingerprint density at radius 2 is 2.07 bits per heavy atom. The maximum Gasteiger partial charge on any atom is 0.105 e. The third-order valence-electron chi connectivity index (χ3n) is 2.59.